The molecule has 0 heterocycles. The van der Waals surface area contributed by atoms with Gasteiger partial charge >= 0.3 is 5.97 Å². The van der Waals surface area contributed by atoms with Gasteiger partial charge in [-0.25, -0.2) is 4.79 Å². The van der Waals surface area contributed by atoms with Crippen molar-refractivity contribution in [3.63, 3.8) is 0 Å². The molecule has 1 unspecified atom stereocenters. The minimum Gasteiger partial charge on any atom is -0.465 e. The Morgan fingerprint density at radius 1 is 1.37 bits per heavy atom. The average Bonchev–Trinajstić information content (AvgIpc) is 2.39. The highest BCUT2D eigenvalue weighted by Gasteiger charge is 2.18. The summed E-state index contributed by atoms with van der Waals surface area (Å²) in [6.45, 7) is 1.73. The molecule has 3 N–H and O–H groups in total. The number of carbonyl (C=O) groups is 2. The van der Waals surface area contributed by atoms with Crippen LogP contribution in [0.3, 0.4) is 0 Å². The smallest absolute Gasteiger partial charge is 0.340 e. The van der Waals surface area contributed by atoms with E-state index in [2.05, 4.69) is 10.1 Å². The van der Waals surface area contributed by atoms with Crippen molar-refractivity contribution in [2.24, 2.45) is 0 Å². The zero-order valence-corrected chi connectivity index (χ0v) is 11.6. The van der Waals surface area contributed by atoms with Crippen LogP contribution in [0.15, 0.2) is 18.2 Å². The number of hydrogen-bond donors (Lipinski definition) is 2. The number of carbonyl (C=O) groups excluding carboxylic acids is 2. The predicted octanol–water partition coefficient (Wildman–Crippen LogP) is 0.944. The van der Waals surface area contributed by atoms with Crippen LogP contribution < -0.4 is 11.1 Å². The fourth-order valence-electron chi connectivity index (χ4n) is 1.66. The predicted molar refractivity (Wildman–Crippen MR) is 74.0 cm³/mol. The quantitative estimate of drug-likeness (QED) is 0.625. The van der Waals surface area contributed by atoms with E-state index in [9.17, 15) is 9.59 Å². The lowest BCUT2D eigenvalue weighted by molar-refractivity contribution is -0.129. The van der Waals surface area contributed by atoms with Crippen molar-refractivity contribution in [1.82, 2.24) is 4.90 Å². The summed E-state index contributed by atoms with van der Waals surface area (Å²) in [5.74, 6) is -0.587. The van der Waals surface area contributed by atoms with Gasteiger partial charge < -0.3 is 20.7 Å². The number of likely N-dealkylation sites (N-methyl/N-ethyl adjacent to an activating group) is 1. The standard InChI is InChI=1S/C13H19N3O3/c1-8(12(17)16(2)3)15-10-7-5-6-9(11(10)14)13(18)19-4/h5-8,15H,14H2,1-4H3. The lowest BCUT2D eigenvalue weighted by Gasteiger charge is -2.20. The Morgan fingerprint density at radius 3 is 2.53 bits per heavy atom. The molecule has 6 heteroatoms. The normalized spacial score (nSPS) is 11.6. The first-order chi connectivity index (χ1) is 8.88. The van der Waals surface area contributed by atoms with Crippen LogP contribution in [0.25, 0.3) is 0 Å². The summed E-state index contributed by atoms with van der Waals surface area (Å²) in [5.41, 5.74) is 6.98. The highest BCUT2D eigenvalue weighted by molar-refractivity contribution is 5.98. The van der Waals surface area contributed by atoms with Crippen LogP contribution in [0, 0.1) is 0 Å². The molecule has 0 bridgehead atoms. The van der Waals surface area contributed by atoms with Crippen molar-refractivity contribution < 1.29 is 14.3 Å². The zero-order valence-electron chi connectivity index (χ0n) is 11.6. The molecule has 1 amide bonds. The SMILES string of the molecule is COC(=O)c1cccc(NC(C)C(=O)N(C)C)c1N. The van der Waals surface area contributed by atoms with Crippen molar-refractivity contribution in [2.45, 2.75) is 13.0 Å². The summed E-state index contributed by atoms with van der Waals surface area (Å²) >= 11 is 0. The first-order valence-corrected chi connectivity index (χ1v) is 5.83. The molecule has 0 radical (unpaired) electrons. The molecular formula is C13H19N3O3. The number of ether oxygens (including phenoxy) is 1. The van der Waals surface area contributed by atoms with Crippen LogP contribution in [0.5, 0.6) is 0 Å². The van der Waals surface area contributed by atoms with Crippen molar-refractivity contribution in [1.29, 1.82) is 0 Å². The molecule has 0 aromatic heterocycles. The van der Waals surface area contributed by atoms with E-state index in [1.807, 2.05) is 0 Å². The Bertz CT molecular complexity index is 486. The number of hydrogen-bond acceptors (Lipinski definition) is 5. The highest BCUT2D eigenvalue weighted by atomic mass is 16.5. The maximum Gasteiger partial charge on any atom is 0.340 e. The fourth-order valence-corrected chi connectivity index (χ4v) is 1.66. The molecule has 1 aromatic rings. The van der Waals surface area contributed by atoms with E-state index in [1.165, 1.54) is 12.0 Å². The largest absolute Gasteiger partial charge is 0.465 e. The first-order valence-electron chi connectivity index (χ1n) is 5.83. The summed E-state index contributed by atoms with van der Waals surface area (Å²) in [5, 5.41) is 2.99. The Hall–Kier alpha value is -2.24. The van der Waals surface area contributed by atoms with Gasteiger partial charge in [0.15, 0.2) is 0 Å². The molecule has 0 aliphatic carbocycles. The number of anilines is 2. The Morgan fingerprint density at radius 2 is 2.00 bits per heavy atom. The van der Waals surface area contributed by atoms with Crippen LogP contribution in [-0.2, 0) is 9.53 Å². The molecule has 1 rings (SSSR count). The summed E-state index contributed by atoms with van der Waals surface area (Å²) in [7, 11) is 4.64. The van der Waals surface area contributed by atoms with E-state index < -0.39 is 12.0 Å². The number of benzene rings is 1. The number of nitrogens with zero attached hydrogens (tertiary/aromatic N) is 1. The average molecular weight is 265 g/mol. The summed E-state index contributed by atoms with van der Waals surface area (Å²) in [6, 6.07) is 4.52. The van der Waals surface area contributed by atoms with Crippen LogP contribution in [0.4, 0.5) is 11.4 Å². The van der Waals surface area contributed by atoms with Crippen molar-refractivity contribution in [3.05, 3.63) is 23.8 Å². The third-order valence-corrected chi connectivity index (χ3v) is 2.69. The lowest BCUT2D eigenvalue weighted by Crippen LogP contribution is -2.36. The number of esters is 1. The van der Waals surface area contributed by atoms with Crippen molar-refractivity contribution in [2.75, 3.05) is 32.3 Å². The highest BCUT2D eigenvalue weighted by Crippen LogP contribution is 2.24. The van der Waals surface area contributed by atoms with Gasteiger partial charge in [-0.2, -0.15) is 0 Å². The topological polar surface area (TPSA) is 84.7 Å². The summed E-state index contributed by atoms with van der Waals surface area (Å²) in [6.07, 6.45) is 0. The second-order valence-electron chi connectivity index (χ2n) is 4.36. The van der Waals surface area contributed by atoms with E-state index >= 15 is 0 Å². The number of rotatable bonds is 4. The molecule has 0 saturated carbocycles. The second kappa shape index (κ2) is 6.08. The van der Waals surface area contributed by atoms with Gasteiger partial charge in [0, 0.05) is 14.1 Å². The van der Waals surface area contributed by atoms with Crippen LogP contribution in [-0.4, -0.2) is 44.0 Å². The van der Waals surface area contributed by atoms with E-state index in [0.717, 1.165) is 0 Å². The second-order valence-corrected chi connectivity index (χ2v) is 4.36. The first kappa shape index (κ1) is 14.8. The van der Waals surface area contributed by atoms with Gasteiger partial charge in [0.1, 0.15) is 6.04 Å². The molecule has 1 atom stereocenters. The third-order valence-electron chi connectivity index (χ3n) is 2.69. The molecular weight excluding hydrogens is 246 g/mol. The number of nitrogen functional groups attached to an aromatic ring is 1. The summed E-state index contributed by atoms with van der Waals surface area (Å²) in [4.78, 5) is 24.8. The van der Waals surface area contributed by atoms with Crippen LogP contribution in [0.1, 0.15) is 17.3 Å². The van der Waals surface area contributed by atoms with Gasteiger partial charge in [-0.1, -0.05) is 6.07 Å². The van der Waals surface area contributed by atoms with Crippen LogP contribution in [0.2, 0.25) is 0 Å². The van der Waals surface area contributed by atoms with Crippen LogP contribution >= 0.6 is 0 Å². The lowest BCUT2D eigenvalue weighted by atomic mass is 10.1. The molecule has 6 nitrogen and oxygen atoms in total. The van der Waals surface area contributed by atoms with Gasteiger partial charge in [-0.3, -0.25) is 4.79 Å². The van der Waals surface area contributed by atoms with Gasteiger partial charge in [0.2, 0.25) is 5.91 Å². The molecule has 19 heavy (non-hydrogen) atoms. The van der Waals surface area contributed by atoms with Gasteiger partial charge in [-0.15, -0.1) is 0 Å². The van der Waals surface area contributed by atoms with Gasteiger partial charge in [-0.05, 0) is 19.1 Å². The third kappa shape index (κ3) is 3.37. The Balaban J connectivity index is 2.97. The minimum absolute atomic E-state index is 0.0807. The molecule has 0 spiro atoms. The van der Waals surface area contributed by atoms with E-state index in [4.69, 9.17) is 5.73 Å². The number of nitrogens with one attached hydrogen (secondary N) is 1. The molecule has 0 aliphatic heterocycles. The minimum atomic E-state index is -0.507. The van der Waals surface area contributed by atoms with Gasteiger partial charge in [0.25, 0.3) is 0 Å². The fraction of sp³-hybridized carbons (Fsp3) is 0.385. The number of nitrogens with two attached hydrogens (primary N) is 1. The van der Waals surface area contributed by atoms with Gasteiger partial charge in [0.05, 0.1) is 24.0 Å². The molecule has 0 fully saturated rings. The number of amides is 1. The maximum absolute atomic E-state index is 11.8. The molecule has 1 aromatic carbocycles. The molecule has 0 aliphatic rings. The van der Waals surface area contributed by atoms with Crippen molar-refractivity contribution in [3.8, 4) is 0 Å². The van der Waals surface area contributed by atoms with E-state index in [1.54, 1.807) is 39.2 Å². The number of methoxy groups -OCH3 is 1. The number of para-hydroxylation sites is 1. The Kier molecular flexibility index (Phi) is 4.74. The zero-order chi connectivity index (χ0) is 14.6. The van der Waals surface area contributed by atoms with Crippen molar-refractivity contribution >= 4 is 23.3 Å². The summed E-state index contributed by atoms with van der Waals surface area (Å²) < 4.78 is 4.64. The van der Waals surface area contributed by atoms with E-state index in [-0.39, 0.29) is 17.2 Å². The molecule has 0 saturated heterocycles. The monoisotopic (exact) mass is 265 g/mol. The molecule has 104 valence electrons. The van der Waals surface area contributed by atoms with E-state index in [0.29, 0.717) is 5.69 Å². The maximum atomic E-state index is 11.8. The Labute approximate surface area is 112 Å².